The lowest BCUT2D eigenvalue weighted by molar-refractivity contribution is 0.602. The summed E-state index contributed by atoms with van der Waals surface area (Å²) in [5.41, 5.74) is 6.54. The number of rotatable bonds is 1. The Labute approximate surface area is 82.4 Å². The van der Waals surface area contributed by atoms with E-state index in [1.165, 1.54) is 6.07 Å². The first-order valence-corrected chi connectivity index (χ1v) is 5.85. The Hall–Kier alpha value is -0.740. The number of nitrogens with two attached hydrogens (primary N) is 1. The van der Waals surface area contributed by atoms with Gasteiger partial charge < -0.3 is 5.73 Å². The van der Waals surface area contributed by atoms with E-state index in [1.807, 2.05) is 0 Å². The molecule has 3 nitrogen and oxygen atoms in total. The van der Waals surface area contributed by atoms with Crippen molar-refractivity contribution in [1.29, 1.82) is 0 Å². The Morgan fingerprint density at radius 2 is 1.92 bits per heavy atom. The van der Waals surface area contributed by atoms with Crippen LogP contribution in [0.2, 0.25) is 5.02 Å². The van der Waals surface area contributed by atoms with Gasteiger partial charge in [-0.1, -0.05) is 11.6 Å². The molecule has 13 heavy (non-hydrogen) atoms. The third kappa shape index (κ3) is 2.14. The van der Waals surface area contributed by atoms with Gasteiger partial charge in [0, 0.05) is 11.3 Å². The summed E-state index contributed by atoms with van der Waals surface area (Å²) < 4.78 is 22.4. The van der Waals surface area contributed by atoms with E-state index in [9.17, 15) is 8.42 Å². The minimum absolute atomic E-state index is 0.0949. The molecule has 0 radical (unpaired) electrons. The molecule has 0 atom stereocenters. The van der Waals surface area contributed by atoms with Crippen molar-refractivity contribution in [3.8, 4) is 0 Å². The topological polar surface area (TPSA) is 60.2 Å². The van der Waals surface area contributed by atoms with Crippen LogP contribution >= 0.6 is 11.6 Å². The number of hydrogen-bond acceptors (Lipinski definition) is 3. The highest BCUT2D eigenvalue weighted by atomic mass is 35.5. The fourth-order valence-electron chi connectivity index (χ4n) is 1.03. The van der Waals surface area contributed by atoms with Gasteiger partial charge in [0.1, 0.15) is 0 Å². The Bertz CT molecular complexity index is 440. The van der Waals surface area contributed by atoms with Gasteiger partial charge >= 0.3 is 0 Å². The molecular weight excluding hydrogens is 210 g/mol. The van der Waals surface area contributed by atoms with Gasteiger partial charge in [0.2, 0.25) is 0 Å². The van der Waals surface area contributed by atoms with Gasteiger partial charge in [0.15, 0.2) is 9.84 Å². The highest BCUT2D eigenvalue weighted by Crippen LogP contribution is 2.26. The molecule has 1 aromatic rings. The summed E-state index contributed by atoms with van der Waals surface area (Å²) in [5, 5.41) is 0.382. The summed E-state index contributed by atoms with van der Waals surface area (Å²) in [5.74, 6) is 0. The summed E-state index contributed by atoms with van der Waals surface area (Å²) in [4.78, 5) is 0.0949. The van der Waals surface area contributed by atoms with Gasteiger partial charge in [0.25, 0.3) is 0 Å². The number of hydrogen-bond donors (Lipinski definition) is 1. The quantitative estimate of drug-likeness (QED) is 0.731. The molecule has 0 amide bonds. The van der Waals surface area contributed by atoms with Crippen LogP contribution in [-0.4, -0.2) is 14.7 Å². The number of sulfone groups is 1. The van der Waals surface area contributed by atoms with Crippen molar-refractivity contribution in [2.45, 2.75) is 11.8 Å². The molecule has 0 aliphatic rings. The van der Waals surface area contributed by atoms with E-state index < -0.39 is 9.84 Å². The molecule has 1 rings (SSSR count). The second-order valence-electron chi connectivity index (χ2n) is 2.91. The van der Waals surface area contributed by atoms with E-state index in [-0.39, 0.29) is 10.6 Å². The number of anilines is 1. The third-order valence-corrected chi connectivity index (χ3v) is 3.07. The van der Waals surface area contributed by atoms with E-state index >= 15 is 0 Å². The average Bonchev–Trinajstić information content (AvgIpc) is 1.94. The molecule has 0 saturated heterocycles. The van der Waals surface area contributed by atoms with E-state index in [4.69, 9.17) is 17.3 Å². The molecule has 0 fully saturated rings. The van der Waals surface area contributed by atoms with Crippen LogP contribution in [-0.2, 0) is 9.84 Å². The maximum atomic E-state index is 11.2. The van der Waals surface area contributed by atoms with Crippen molar-refractivity contribution in [2.24, 2.45) is 0 Å². The van der Waals surface area contributed by atoms with E-state index in [0.717, 1.165) is 6.26 Å². The van der Waals surface area contributed by atoms with Gasteiger partial charge in [-0.3, -0.25) is 0 Å². The molecule has 2 N–H and O–H groups in total. The summed E-state index contributed by atoms with van der Waals surface area (Å²) in [6.07, 6.45) is 1.11. The van der Waals surface area contributed by atoms with Gasteiger partial charge in [-0.15, -0.1) is 0 Å². The molecule has 0 heterocycles. The van der Waals surface area contributed by atoms with Crippen LogP contribution < -0.4 is 5.73 Å². The number of nitrogen functional groups attached to an aromatic ring is 1. The Morgan fingerprint density at radius 1 is 1.38 bits per heavy atom. The largest absolute Gasteiger partial charge is 0.397 e. The Morgan fingerprint density at radius 3 is 2.38 bits per heavy atom. The van der Waals surface area contributed by atoms with E-state index in [0.29, 0.717) is 10.6 Å². The first-order valence-electron chi connectivity index (χ1n) is 3.58. The number of aryl methyl sites for hydroxylation is 1. The summed E-state index contributed by atoms with van der Waals surface area (Å²) in [7, 11) is -3.29. The zero-order valence-corrected chi connectivity index (χ0v) is 8.91. The van der Waals surface area contributed by atoms with Gasteiger partial charge in [-0.05, 0) is 24.6 Å². The van der Waals surface area contributed by atoms with Crippen LogP contribution in [0.4, 0.5) is 5.69 Å². The van der Waals surface area contributed by atoms with Gasteiger partial charge in [-0.2, -0.15) is 0 Å². The Balaban J connectivity index is 3.56. The maximum Gasteiger partial charge on any atom is 0.177 e. The average molecular weight is 220 g/mol. The predicted octanol–water partition coefficient (Wildman–Crippen LogP) is 1.63. The van der Waals surface area contributed by atoms with Crippen molar-refractivity contribution in [1.82, 2.24) is 0 Å². The highest BCUT2D eigenvalue weighted by molar-refractivity contribution is 7.90. The van der Waals surface area contributed by atoms with Crippen LogP contribution in [0.25, 0.3) is 0 Å². The number of halogens is 1. The fraction of sp³-hybridized carbons (Fsp3) is 0.250. The van der Waals surface area contributed by atoms with Crippen LogP contribution in [0.1, 0.15) is 5.56 Å². The molecule has 0 aromatic heterocycles. The minimum Gasteiger partial charge on any atom is -0.397 e. The molecule has 0 unspecified atom stereocenters. The molecule has 1 aromatic carbocycles. The first-order chi connectivity index (χ1) is 5.82. The van der Waals surface area contributed by atoms with Crippen molar-refractivity contribution in [2.75, 3.05) is 12.0 Å². The lowest BCUT2D eigenvalue weighted by Crippen LogP contribution is -2.03. The van der Waals surface area contributed by atoms with E-state index in [1.54, 1.807) is 13.0 Å². The SMILES string of the molecule is Cc1cc(Cl)cc(S(C)(=O)=O)c1N. The second-order valence-corrected chi connectivity index (χ2v) is 5.33. The highest BCUT2D eigenvalue weighted by Gasteiger charge is 2.13. The lowest BCUT2D eigenvalue weighted by atomic mass is 10.2. The van der Waals surface area contributed by atoms with Crippen molar-refractivity contribution < 1.29 is 8.42 Å². The lowest BCUT2D eigenvalue weighted by Gasteiger charge is -2.06. The zero-order valence-electron chi connectivity index (χ0n) is 7.33. The molecule has 5 heteroatoms. The summed E-state index contributed by atoms with van der Waals surface area (Å²) in [6.45, 7) is 1.72. The Kier molecular flexibility index (Phi) is 2.54. The smallest absolute Gasteiger partial charge is 0.177 e. The second kappa shape index (κ2) is 3.20. The fourth-order valence-corrected chi connectivity index (χ4v) is 2.27. The summed E-state index contributed by atoms with van der Waals surface area (Å²) in [6, 6.07) is 2.99. The normalized spacial score (nSPS) is 11.6. The van der Waals surface area contributed by atoms with Crippen molar-refractivity contribution in [3.63, 3.8) is 0 Å². The zero-order chi connectivity index (χ0) is 10.2. The molecule has 0 bridgehead atoms. The van der Waals surface area contributed by atoms with Gasteiger partial charge in [0.05, 0.1) is 10.6 Å². The summed E-state index contributed by atoms with van der Waals surface area (Å²) >= 11 is 5.71. The van der Waals surface area contributed by atoms with E-state index in [2.05, 4.69) is 0 Å². The monoisotopic (exact) mass is 219 g/mol. The standard InChI is InChI=1S/C8H10ClNO2S/c1-5-3-6(9)4-7(8(5)10)13(2,11)12/h3-4H,10H2,1-2H3. The molecule has 72 valence electrons. The number of benzene rings is 1. The first kappa shape index (κ1) is 10.3. The van der Waals surface area contributed by atoms with Crippen LogP contribution in [0.5, 0.6) is 0 Å². The third-order valence-electron chi connectivity index (χ3n) is 1.71. The minimum atomic E-state index is -3.29. The molecule has 0 saturated carbocycles. The predicted molar refractivity (Wildman–Crippen MR) is 53.7 cm³/mol. The van der Waals surface area contributed by atoms with Crippen LogP contribution in [0.15, 0.2) is 17.0 Å². The van der Waals surface area contributed by atoms with Gasteiger partial charge in [-0.25, -0.2) is 8.42 Å². The van der Waals surface area contributed by atoms with Crippen molar-refractivity contribution in [3.05, 3.63) is 22.7 Å². The van der Waals surface area contributed by atoms with Crippen LogP contribution in [0.3, 0.4) is 0 Å². The molecule has 0 aliphatic carbocycles. The molecular formula is C8H10ClNO2S. The maximum absolute atomic E-state index is 11.2. The van der Waals surface area contributed by atoms with Crippen molar-refractivity contribution >= 4 is 27.1 Å². The molecule has 0 spiro atoms. The van der Waals surface area contributed by atoms with Crippen LogP contribution in [0, 0.1) is 6.92 Å². The molecule has 0 aliphatic heterocycles.